The van der Waals surface area contributed by atoms with E-state index in [2.05, 4.69) is 4.90 Å². The maximum atomic E-state index is 13.4. The number of carbonyl (C=O) groups is 1. The van der Waals surface area contributed by atoms with E-state index in [0.717, 1.165) is 52.0 Å². The van der Waals surface area contributed by atoms with Crippen LogP contribution in [0.5, 0.6) is 11.5 Å². The molecule has 3 aliphatic heterocycles. The molecule has 0 saturated carbocycles. The maximum absolute atomic E-state index is 13.4. The first kappa shape index (κ1) is 17.4. The fraction of sp³-hybridized carbons (Fsp3) is 0.632. The molecule has 0 aromatic heterocycles. The lowest BCUT2D eigenvalue weighted by Gasteiger charge is -2.36. The number of hydrogen-bond acceptors (Lipinski definition) is 5. The van der Waals surface area contributed by atoms with E-state index in [1.807, 2.05) is 0 Å². The summed E-state index contributed by atoms with van der Waals surface area (Å²) in [5, 5.41) is 0. The van der Waals surface area contributed by atoms with Crippen molar-refractivity contribution in [2.45, 2.75) is 25.4 Å². The van der Waals surface area contributed by atoms with Crippen molar-refractivity contribution in [3.8, 4) is 11.5 Å². The molecule has 3 heterocycles. The summed E-state index contributed by atoms with van der Waals surface area (Å²) in [6.07, 6.45) is 3.05. The van der Waals surface area contributed by atoms with Gasteiger partial charge in [-0.3, -0.25) is 4.90 Å². The number of benzene rings is 1. The molecule has 0 bridgehead atoms. The number of nitrogens with zero attached hydrogens (tertiary/aromatic N) is 2. The lowest BCUT2D eigenvalue weighted by Crippen LogP contribution is -2.44. The molecule has 1 aromatic rings. The highest BCUT2D eigenvalue weighted by Crippen LogP contribution is 2.32. The van der Waals surface area contributed by atoms with Crippen LogP contribution in [0.2, 0.25) is 0 Å². The van der Waals surface area contributed by atoms with Gasteiger partial charge in [-0.05, 0) is 50.4 Å². The smallest absolute Gasteiger partial charge is 0.409 e. The van der Waals surface area contributed by atoms with E-state index in [-0.39, 0.29) is 18.0 Å². The maximum Gasteiger partial charge on any atom is 0.409 e. The molecule has 6 nitrogen and oxygen atoms in total. The summed E-state index contributed by atoms with van der Waals surface area (Å²) in [6, 6.07) is 4.38. The van der Waals surface area contributed by atoms with Crippen molar-refractivity contribution < 1.29 is 23.4 Å². The quantitative estimate of drug-likeness (QED) is 0.804. The zero-order chi connectivity index (χ0) is 17.9. The standard InChI is InChI=1S/C19H25FN2O4/c20-15-1-2-17-18(11-15)26-16(13-25-17)12-21-6-3-14(4-7-21)5-8-22-9-10-24-19(22)23/h1-2,11,14,16H,3-10,12-13H2. The summed E-state index contributed by atoms with van der Waals surface area (Å²) in [6.45, 7) is 5.37. The number of fused-ring (bicyclic) bond motifs is 1. The van der Waals surface area contributed by atoms with E-state index >= 15 is 0 Å². The van der Waals surface area contributed by atoms with Gasteiger partial charge in [0.1, 0.15) is 25.1 Å². The Labute approximate surface area is 152 Å². The van der Waals surface area contributed by atoms with Gasteiger partial charge in [0.15, 0.2) is 11.5 Å². The highest BCUT2D eigenvalue weighted by molar-refractivity contribution is 5.69. The Hall–Kier alpha value is -2.02. The minimum absolute atomic E-state index is 0.0692. The molecule has 26 heavy (non-hydrogen) atoms. The number of halogens is 1. The van der Waals surface area contributed by atoms with E-state index in [0.29, 0.717) is 30.6 Å². The number of hydrogen-bond donors (Lipinski definition) is 0. The Morgan fingerprint density at radius 3 is 2.73 bits per heavy atom. The molecule has 1 unspecified atom stereocenters. The Morgan fingerprint density at radius 1 is 1.12 bits per heavy atom. The van der Waals surface area contributed by atoms with Gasteiger partial charge in [-0.25, -0.2) is 9.18 Å². The van der Waals surface area contributed by atoms with Crippen molar-refractivity contribution in [1.82, 2.24) is 9.80 Å². The number of piperidine rings is 1. The molecule has 1 atom stereocenters. The van der Waals surface area contributed by atoms with Crippen LogP contribution in [0.4, 0.5) is 9.18 Å². The van der Waals surface area contributed by atoms with Crippen LogP contribution in [0.3, 0.4) is 0 Å². The third kappa shape index (κ3) is 4.03. The molecule has 0 spiro atoms. The third-order valence-electron chi connectivity index (χ3n) is 5.45. The average Bonchev–Trinajstić information content (AvgIpc) is 3.06. The number of likely N-dealkylation sites (tertiary alicyclic amines) is 1. The van der Waals surface area contributed by atoms with Gasteiger partial charge in [-0.2, -0.15) is 0 Å². The van der Waals surface area contributed by atoms with Gasteiger partial charge >= 0.3 is 6.09 Å². The molecule has 3 aliphatic rings. The Kier molecular flexibility index (Phi) is 5.15. The van der Waals surface area contributed by atoms with Gasteiger partial charge in [-0.15, -0.1) is 0 Å². The predicted octanol–water partition coefficient (Wildman–Crippen LogP) is 2.52. The minimum atomic E-state index is -0.310. The Bertz CT molecular complexity index is 648. The highest BCUT2D eigenvalue weighted by atomic mass is 19.1. The Balaban J connectivity index is 1.20. The molecular formula is C19H25FN2O4. The summed E-state index contributed by atoms with van der Waals surface area (Å²) in [4.78, 5) is 15.7. The topological polar surface area (TPSA) is 51.2 Å². The van der Waals surface area contributed by atoms with E-state index < -0.39 is 0 Å². The second-order valence-electron chi connectivity index (χ2n) is 7.28. The van der Waals surface area contributed by atoms with E-state index in [1.54, 1.807) is 11.0 Å². The molecule has 0 N–H and O–H groups in total. The second kappa shape index (κ2) is 7.70. The van der Waals surface area contributed by atoms with Crippen molar-refractivity contribution in [3.63, 3.8) is 0 Å². The molecule has 2 fully saturated rings. The summed E-state index contributed by atoms with van der Waals surface area (Å²) >= 11 is 0. The number of amides is 1. The highest BCUT2D eigenvalue weighted by Gasteiger charge is 2.28. The first-order valence-electron chi connectivity index (χ1n) is 9.40. The lowest BCUT2D eigenvalue weighted by molar-refractivity contribution is 0.0464. The monoisotopic (exact) mass is 364 g/mol. The summed E-state index contributed by atoms with van der Waals surface area (Å²) in [5.74, 6) is 1.45. The van der Waals surface area contributed by atoms with Crippen molar-refractivity contribution in [1.29, 1.82) is 0 Å². The molecule has 1 amide bonds. The fourth-order valence-electron chi connectivity index (χ4n) is 3.89. The number of rotatable bonds is 5. The van der Waals surface area contributed by atoms with E-state index in [9.17, 15) is 9.18 Å². The minimum Gasteiger partial charge on any atom is -0.486 e. The van der Waals surface area contributed by atoms with E-state index in [1.165, 1.54) is 12.1 Å². The van der Waals surface area contributed by atoms with E-state index in [4.69, 9.17) is 14.2 Å². The van der Waals surface area contributed by atoms with Crippen LogP contribution in [0.15, 0.2) is 18.2 Å². The van der Waals surface area contributed by atoms with Gasteiger partial charge in [0.2, 0.25) is 0 Å². The third-order valence-corrected chi connectivity index (χ3v) is 5.45. The summed E-state index contributed by atoms with van der Waals surface area (Å²) < 4.78 is 29.9. The number of ether oxygens (including phenoxy) is 3. The molecule has 142 valence electrons. The number of carbonyl (C=O) groups excluding carboxylic acids is 1. The van der Waals surface area contributed by atoms with Gasteiger partial charge in [-0.1, -0.05) is 0 Å². The van der Waals surface area contributed by atoms with Crippen LogP contribution in [-0.2, 0) is 4.74 Å². The van der Waals surface area contributed by atoms with Crippen LogP contribution in [0.1, 0.15) is 19.3 Å². The molecule has 1 aromatic carbocycles. The summed E-state index contributed by atoms with van der Waals surface area (Å²) in [7, 11) is 0. The van der Waals surface area contributed by atoms with Gasteiger partial charge in [0, 0.05) is 19.2 Å². The molecular weight excluding hydrogens is 339 g/mol. The average molecular weight is 364 g/mol. The lowest BCUT2D eigenvalue weighted by atomic mass is 9.93. The van der Waals surface area contributed by atoms with Gasteiger partial charge < -0.3 is 19.1 Å². The number of cyclic esters (lactones) is 1. The second-order valence-corrected chi connectivity index (χ2v) is 7.28. The zero-order valence-corrected chi connectivity index (χ0v) is 14.9. The molecule has 7 heteroatoms. The van der Waals surface area contributed by atoms with Crippen LogP contribution in [0.25, 0.3) is 0 Å². The van der Waals surface area contributed by atoms with Gasteiger partial charge in [0.25, 0.3) is 0 Å². The summed E-state index contributed by atoms with van der Waals surface area (Å²) in [5.41, 5.74) is 0. The van der Waals surface area contributed by atoms with Crippen LogP contribution in [0, 0.1) is 11.7 Å². The van der Waals surface area contributed by atoms with Crippen LogP contribution in [-0.4, -0.2) is 67.9 Å². The van der Waals surface area contributed by atoms with Crippen LogP contribution >= 0.6 is 0 Å². The first-order chi connectivity index (χ1) is 12.7. The van der Waals surface area contributed by atoms with Crippen molar-refractivity contribution in [2.24, 2.45) is 5.92 Å². The molecule has 0 radical (unpaired) electrons. The van der Waals surface area contributed by atoms with Crippen molar-refractivity contribution in [3.05, 3.63) is 24.0 Å². The zero-order valence-electron chi connectivity index (χ0n) is 14.9. The van der Waals surface area contributed by atoms with Crippen LogP contribution < -0.4 is 9.47 Å². The molecule has 0 aliphatic carbocycles. The fourth-order valence-corrected chi connectivity index (χ4v) is 3.89. The normalized spacial score (nSPS) is 24.0. The Morgan fingerprint density at radius 2 is 1.96 bits per heavy atom. The first-order valence-corrected chi connectivity index (χ1v) is 9.40. The predicted molar refractivity (Wildman–Crippen MR) is 93.0 cm³/mol. The van der Waals surface area contributed by atoms with Crippen molar-refractivity contribution >= 4 is 6.09 Å². The van der Waals surface area contributed by atoms with Gasteiger partial charge in [0.05, 0.1) is 6.54 Å². The molecule has 4 rings (SSSR count). The largest absolute Gasteiger partial charge is 0.486 e. The van der Waals surface area contributed by atoms with Crippen molar-refractivity contribution in [2.75, 3.05) is 45.9 Å². The SMILES string of the molecule is O=C1OCCN1CCC1CCN(CC2COc3ccc(F)cc3O2)CC1. The molecule has 2 saturated heterocycles.